The van der Waals surface area contributed by atoms with E-state index in [9.17, 15) is 9.59 Å². The maximum absolute atomic E-state index is 12.5. The molecule has 0 saturated carbocycles. The maximum atomic E-state index is 12.5. The lowest BCUT2D eigenvalue weighted by molar-refractivity contribution is -0.123. The number of nitrogens with zero attached hydrogens (tertiary/aromatic N) is 1. The van der Waals surface area contributed by atoms with Crippen LogP contribution in [0.15, 0.2) is 42.5 Å². The average molecular weight is 334 g/mol. The van der Waals surface area contributed by atoms with Crippen molar-refractivity contribution in [3.8, 4) is 5.88 Å². The van der Waals surface area contributed by atoms with Crippen LogP contribution in [0.4, 0.5) is 0 Å². The number of hydrogen-bond acceptors (Lipinski definition) is 4. The van der Waals surface area contributed by atoms with Crippen LogP contribution in [0.2, 0.25) is 5.02 Å². The van der Waals surface area contributed by atoms with Crippen LogP contribution in [-0.2, 0) is 10.3 Å². The molecule has 0 aliphatic rings. The van der Waals surface area contributed by atoms with Gasteiger partial charge in [0, 0.05) is 6.07 Å². The Kier molecular flexibility index (Phi) is 4.86. The molecule has 1 unspecified atom stereocenters. The highest BCUT2D eigenvalue weighted by Crippen LogP contribution is 2.23. The zero-order valence-electron chi connectivity index (χ0n) is 12.7. The summed E-state index contributed by atoms with van der Waals surface area (Å²) < 4.78 is 4.98. The Labute approximate surface area is 138 Å². The molecule has 6 nitrogen and oxygen atoms in total. The topological polar surface area (TPSA) is 94.3 Å². The van der Waals surface area contributed by atoms with Gasteiger partial charge in [0.1, 0.15) is 5.54 Å². The van der Waals surface area contributed by atoms with Gasteiger partial charge < -0.3 is 15.8 Å². The highest BCUT2D eigenvalue weighted by Gasteiger charge is 2.36. The number of nitrogens with two attached hydrogens (primary N) is 1. The number of ether oxygens (including phenoxy) is 1. The van der Waals surface area contributed by atoms with Crippen molar-refractivity contribution in [3.63, 3.8) is 0 Å². The number of benzene rings is 1. The van der Waals surface area contributed by atoms with E-state index in [0.29, 0.717) is 5.56 Å². The van der Waals surface area contributed by atoms with Gasteiger partial charge in [-0.1, -0.05) is 41.9 Å². The molecule has 0 saturated heterocycles. The number of carbonyl (C=O) groups excluding carboxylic acids is 2. The van der Waals surface area contributed by atoms with Crippen molar-refractivity contribution < 1.29 is 14.3 Å². The van der Waals surface area contributed by atoms with Crippen molar-refractivity contribution in [1.82, 2.24) is 10.3 Å². The first-order chi connectivity index (χ1) is 10.9. The minimum absolute atomic E-state index is 0.0468. The lowest BCUT2D eigenvalue weighted by atomic mass is 9.91. The van der Waals surface area contributed by atoms with Gasteiger partial charge in [0.2, 0.25) is 11.8 Å². The molecule has 2 rings (SSSR count). The highest BCUT2D eigenvalue weighted by molar-refractivity contribution is 6.33. The standard InChI is InChI=1S/C16H16ClN3O3/c1-16(15(18)22,10-6-4-3-5-7-10)20-14(21)13-11(17)8-9-12(19-13)23-2/h3-9H,1-2H3,(H2,18,22)(H,20,21). The third-order valence-corrected chi connectivity index (χ3v) is 3.76. The number of methoxy groups -OCH3 is 1. The van der Waals surface area contributed by atoms with E-state index in [1.807, 2.05) is 0 Å². The number of primary amides is 1. The molecule has 1 atom stereocenters. The summed E-state index contributed by atoms with van der Waals surface area (Å²) in [6, 6.07) is 11.7. The molecule has 1 aromatic heterocycles. The van der Waals surface area contributed by atoms with E-state index < -0.39 is 17.4 Å². The first-order valence-corrected chi connectivity index (χ1v) is 7.14. The fraction of sp³-hybridized carbons (Fsp3) is 0.188. The van der Waals surface area contributed by atoms with Gasteiger partial charge in [0.05, 0.1) is 12.1 Å². The monoisotopic (exact) mass is 333 g/mol. The van der Waals surface area contributed by atoms with Crippen LogP contribution in [-0.4, -0.2) is 23.9 Å². The first kappa shape index (κ1) is 16.8. The van der Waals surface area contributed by atoms with Gasteiger partial charge in [-0.25, -0.2) is 4.98 Å². The van der Waals surface area contributed by atoms with Crippen molar-refractivity contribution in [1.29, 1.82) is 0 Å². The average Bonchev–Trinajstić information content (AvgIpc) is 2.55. The van der Waals surface area contributed by atoms with Gasteiger partial charge in [-0.15, -0.1) is 0 Å². The summed E-state index contributed by atoms with van der Waals surface area (Å²) >= 11 is 6.01. The number of rotatable bonds is 5. The summed E-state index contributed by atoms with van der Waals surface area (Å²) in [6.07, 6.45) is 0. The molecule has 0 spiro atoms. The Bertz CT molecular complexity index is 737. The van der Waals surface area contributed by atoms with Gasteiger partial charge in [-0.05, 0) is 18.6 Å². The number of aromatic nitrogens is 1. The van der Waals surface area contributed by atoms with E-state index >= 15 is 0 Å². The van der Waals surface area contributed by atoms with Crippen LogP contribution in [0, 0.1) is 0 Å². The second-order valence-electron chi connectivity index (χ2n) is 4.99. The zero-order chi connectivity index (χ0) is 17.0. The van der Waals surface area contributed by atoms with Crippen LogP contribution >= 0.6 is 11.6 Å². The molecule has 23 heavy (non-hydrogen) atoms. The molecular formula is C16H16ClN3O3. The third kappa shape index (κ3) is 3.43. The highest BCUT2D eigenvalue weighted by atomic mass is 35.5. The molecule has 3 N–H and O–H groups in total. The molecular weight excluding hydrogens is 318 g/mol. The van der Waals surface area contributed by atoms with Gasteiger partial charge >= 0.3 is 0 Å². The molecule has 0 bridgehead atoms. The van der Waals surface area contributed by atoms with E-state index in [-0.39, 0.29) is 16.6 Å². The molecule has 1 aromatic carbocycles. The molecule has 0 fully saturated rings. The van der Waals surface area contributed by atoms with Crippen molar-refractivity contribution in [3.05, 3.63) is 58.7 Å². The molecule has 0 aliphatic heterocycles. The predicted molar refractivity (Wildman–Crippen MR) is 86.3 cm³/mol. The first-order valence-electron chi connectivity index (χ1n) is 6.77. The minimum Gasteiger partial charge on any atom is -0.481 e. The number of hydrogen-bond donors (Lipinski definition) is 2. The molecule has 0 aliphatic carbocycles. The van der Waals surface area contributed by atoms with Gasteiger partial charge in [-0.3, -0.25) is 9.59 Å². The molecule has 1 heterocycles. The normalized spacial score (nSPS) is 13.0. The number of pyridine rings is 1. The predicted octanol–water partition coefficient (Wildman–Crippen LogP) is 1.87. The Balaban J connectivity index is 2.38. The fourth-order valence-corrected chi connectivity index (χ4v) is 2.22. The minimum atomic E-state index is -1.40. The van der Waals surface area contributed by atoms with E-state index in [1.165, 1.54) is 26.2 Å². The Morgan fingerprint density at radius 2 is 1.87 bits per heavy atom. The second kappa shape index (κ2) is 6.66. The quantitative estimate of drug-likeness (QED) is 0.873. The van der Waals surface area contributed by atoms with E-state index in [2.05, 4.69) is 10.3 Å². The van der Waals surface area contributed by atoms with E-state index in [1.54, 1.807) is 30.3 Å². The van der Waals surface area contributed by atoms with Crippen molar-refractivity contribution in [2.45, 2.75) is 12.5 Å². The van der Waals surface area contributed by atoms with Crippen LogP contribution in [0.25, 0.3) is 0 Å². The summed E-state index contributed by atoms with van der Waals surface area (Å²) in [7, 11) is 1.43. The fourth-order valence-electron chi connectivity index (χ4n) is 2.03. The molecule has 120 valence electrons. The molecule has 2 amide bonds. The Morgan fingerprint density at radius 1 is 1.22 bits per heavy atom. The Morgan fingerprint density at radius 3 is 2.43 bits per heavy atom. The van der Waals surface area contributed by atoms with E-state index in [4.69, 9.17) is 22.1 Å². The SMILES string of the molecule is COc1ccc(Cl)c(C(=O)NC(C)(C(N)=O)c2ccccc2)n1. The summed E-state index contributed by atoms with van der Waals surface area (Å²) in [5.41, 5.74) is 4.60. The molecule has 2 aromatic rings. The van der Waals surface area contributed by atoms with Gasteiger partial charge in [0.25, 0.3) is 5.91 Å². The van der Waals surface area contributed by atoms with Crippen molar-refractivity contribution >= 4 is 23.4 Å². The van der Waals surface area contributed by atoms with Crippen LogP contribution in [0.5, 0.6) is 5.88 Å². The zero-order valence-corrected chi connectivity index (χ0v) is 13.4. The second-order valence-corrected chi connectivity index (χ2v) is 5.40. The summed E-state index contributed by atoms with van der Waals surface area (Å²) in [4.78, 5) is 28.4. The van der Waals surface area contributed by atoms with Crippen molar-refractivity contribution in [2.24, 2.45) is 5.73 Å². The summed E-state index contributed by atoms with van der Waals surface area (Å²) in [5, 5.41) is 2.74. The molecule has 0 radical (unpaired) electrons. The number of amides is 2. The number of nitrogens with one attached hydrogen (secondary N) is 1. The van der Waals surface area contributed by atoms with Crippen LogP contribution in [0.1, 0.15) is 23.0 Å². The summed E-state index contributed by atoms with van der Waals surface area (Å²) in [5.74, 6) is -1.09. The summed E-state index contributed by atoms with van der Waals surface area (Å²) in [6.45, 7) is 1.52. The maximum Gasteiger partial charge on any atom is 0.272 e. The van der Waals surface area contributed by atoms with Gasteiger partial charge in [-0.2, -0.15) is 0 Å². The van der Waals surface area contributed by atoms with Crippen LogP contribution < -0.4 is 15.8 Å². The van der Waals surface area contributed by atoms with E-state index in [0.717, 1.165) is 0 Å². The lowest BCUT2D eigenvalue weighted by Gasteiger charge is -2.28. The number of halogens is 1. The van der Waals surface area contributed by atoms with Crippen LogP contribution in [0.3, 0.4) is 0 Å². The smallest absolute Gasteiger partial charge is 0.272 e. The molecule has 7 heteroatoms. The largest absolute Gasteiger partial charge is 0.481 e. The number of carbonyl (C=O) groups is 2. The lowest BCUT2D eigenvalue weighted by Crippen LogP contribution is -2.52. The third-order valence-electron chi connectivity index (χ3n) is 3.45. The Hall–Kier alpha value is -2.60. The van der Waals surface area contributed by atoms with Gasteiger partial charge in [0.15, 0.2) is 5.69 Å². The van der Waals surface area contributed by atoms with Crippen molar-refractivity contribution in [2.75, 3.05) is 7.11 Å².